The van der Waals surface area contributed by atoms with Gasteiger partial charge in [-0.1, -0.05) is 18.2 Å². The molecule has 2 aromatic rings. The molecule has 2 aromatic carbocycles. The molecule has 122 valence electrons. The highest BCUT2D eigenvalue weighted by Gasteiger charge is 2.39. The predicted octanol–water partition coefficient (Wildman–Crippen LogP) is 2.94. The van der Waals surface area contributed by atoms with Crippen LogP contribution in [0.3, 0.4) is 0 Å². The van der Waals surface area contributed by atoms with E-state index in [1.54, 1.807) is 37.3 Å². The summed E-state index contributed by atoms with van der Waals surface area (Å²) in [5.74, 6) is -4.07. The van der Waals surface area contributed by atoms with Crippen LogP contribution in [0.5, 0.6) is 0 Å². The molecule has 0 aliphatic carbocycles. The zero-order valence-electron chi connectivity index (χ0n) is 12.7. The lowest BCUT2D eigenvalue weighted by Crippen LogP contribution is -2.36. The third-order valence-corrected chi connectivity index (χ3v) is 3.58. The van der Waals surface area contributed by atoms with Crippen LogP contribution in [0.25, 0.3) is 0 Å². The lowest BCUT2D eigenvalue weighted by molar-refractivity contribution is -0.127. The summed E-state index contributed by atoms with van der Waals surface area (Å²) < 4.78 is 26.6. The first-order chi connectivity index (χ1) is 11.5. The molecule has 24 heavy (non-hydrogen) atoms. The first-order valence-electron chi connectivity index (χ1n) is 7.17. The molecule has 0 radical (unpaired) electrons. The summed E-state index contributed by atoms with van der Waals surface area (Å²) >= 11 is 0. The standard InChI is InChI=1S/C17H13F2N3O2/c1-10-15(16(23)20-14-8-7-11(18)9-13(14)19)17(24)22(21-10)12-5-3-2-4-6-12/h2-9,15H,1H3,(H,20,23). The normalized spacial score (nSPS) is 17.0. The molecule has 7 heteroatoms. The quantitative estimate of drug-likeness (QED) is 0.880. The highest BCUT2D eigenvalue weighted by atomic mass is 19.1. The maximum absolute atomic E-state index is 13.7. The SMILES string of the molecule is CC1=NN(c2ccccc2)C(=O)C1C(=O)Nc1ccc(F)cc1F. The van der Waals surface area contributed by atoms with Gasteiger partial charge in [0.2, 0.25) is 5.91 Å². The maximum atomic E-state index is 13.7. The van der Waals surface area contributed by atoms with Crippen molar-refractivity contribution in [2.45, 2.75) is 6.92 Å². The van der Waals surface area contributed by atoms with E-state index in [9.17, 15) is 18.4 Å². The Bertz CT molecular complexity index is 837. The number of benzene rings is 2. The molecule has 0 aromatic heterocycles. The van der Waals surface area contributed by atoms with Gasteiger partial charge in [-0.25, -0.2) is 8.78 Å². The van der Waals surface area contributed by atoms with E-state index in [2.05, 4.69) is 10.4 Å². The van der Waals surface area contributed by atoms with Crippen molar-refractivity contribution in [3.63, 3.8) is 0 Å². The number of anilines is 2. The van der Waals surface area contributed by atoms with Gasteiger partial charge in [0.15, 0.2) is 5.92 Å². The fraction of sp³-hybridized carbons (Fsp3) is 0.118. The number of hydrazone groups is 1. The second-order valence-corrected chi connectivity index (χ2v) is 5.27. The van der Waals surface area contributed by atoms with E-state index < -0.39 is 29.4 Å². The molecule has 0 spiro atoms. The van der Waals surface area contributed by atoms with Crippen LogP contribution in [-0.4, -0.2) is 17.5 Å². The van der Waals surface area contributed by atoms with Gasteiger partial charge in [-0.05, 0) is 31.2 Å². The van der Waals surface area contributed by atoms with E-state index in [4.69, 9.17) is 0 Å². The maximum Gasteiger partial charge on any atom is 0.265 e. The molecule has 0 fully saturated rings. The molecule has 3 rings (SSSR count). The molecule has 0 saturated carbocycles. The molecule has 1 unspecified atom stereocenters. The molecule has 0 bridgehead atoms. The lowest BCUT2D eigenvalue weighted by atomic mass is 10.0. The number of carbonyl (C=O) groups excluding carboxylic acids is 2. The highest BCUT2D eigenvalue weighted by molar-refractivity contribution is 6.28. The average Bonchev–Trinajstić information content (AvgIpc) is 2.85. The predicted molar refractivity (Wildman–Crippen MR) is 85.5 cm³/mol. The van der Waals surface area contributed by atoms with Gasteiger partial charge in [-0.15, -0.1) is 0 Å². The van der Waals surface area contributed by atoms with Gasteiger partial charge in [-0.3, -0.25) is 9.59 Å². The molecule has 1 heterocycles. The van der Waals surface area contributed by atoms with Crippen molar-refractivity contribution in [2.75, 3.05) is 10.3 Å². The molecule has 1 aliphatic heterocycles. The molecule has 5 nitrogen and oxygen atoms in total. The molecule has 0 saturated heterocycles. The monoisotopic (exact) mass is 329 g/mol. The number of hydrogen-bond acceptors (Lipinski definition) is 3. The van der Waals surface area contributed by atoms with Crippen molar-refractivity contribution in [1.29, 1.82) is 0 Å². The average molecular weight is 329 g/mol. The van der Waals surface area contributed by atoms with E-state index in [0.717, 1.165) is 17.1 Å². The highest BCUT2D eigenvalue weighted by Crippen LogP contribution is 2.25. The van der Waals surface area contributed by atoms with Crippen LogP contribution in [0.2, 0.25) is 0 Å². The minimum absolute atomic E-state index is 0.194. The van der Waals surface area contributed by atoms with Crippen molar-refractivity contribution in [3.8, 4) is 0 Å². The van der Waals surface area contributed by atoms with Crippen LogP contribution in [0.15, 0.2) is 53.6 Å². The van der Waals surface area contributed by atoms with Crippen LogP contribution in [0.1, 0.15) is 6.92 Å². The third-order valence-electron chi connectivity index (χ3n) is 3.58. The minimum atomic E-state index is -1.16. The zero-order valence-corrected chi connectivity index (χ0v) is 12.7. The Morgan fingerprint density at radius 2 is 1.88 bits per heavy atom. The van der Waals surface area contributed by atoms with Crippen molar-refractivity contribution in [3.05, 3.63) is 60.2 Å². The Hall–Kier alpha value is -3.09. The Labute approximate surface area is 136 Å². The van der Waals surface area contributed by atoms with Gasteiger partial charge in [0.05, 0.1) is 17.1 Å². The van der Waals surface area contributed by atoms with Crippen LogP contribution in [0, 0.1) is 17.6 Å². The summed E-state index contributed by atoms with van der Waals surface area (Å²) in [6.45, 7) is 1.55. The summed E-state index contributed by atoms with van der Waals surface area (Å²) in [5.41, 5.74) is 0.633. The van der Waals surface area contributed by atoms with Gasteiger partial charge in [-0.2, -0.15) is 10.1 Å². The van der Waals surface area contributed by atoms with E-state index in [-0.39, 0.29) is 5.69 Å². The fourth-order valence-corrected chi connectivity index (χ4v) is 2.42. The number of carbonyl (C=O) groups is 2. The first-order valence-corrected chi connectivity index (χ1v) is 7.17. The van der Waals surface area contributed by atoms with Crippen molar-refractivity contribution in [2.24, 2.45) is 11.0 Å². The first kappa shape index (κ1) is 15.8. The van der Waals surface area contributed by atoms with Gasteiger partial charge < -0.3 is 5.32 Å². The van der Waals surface area contributed by atoms with E-state index in [1.165, 1.54) is 0 Å². The molecule has 1 aliphatic rings. The van der Waals surface area contributed by atoms with E-state index in [1.807, 2.05) is 0 Å². The van der Waals surface area contributed by atoms with E-state index in [0.29, 0.717) is 17.5 Å². The van der Waals surface area contributed by atoms with Gasteiger partial charge in [0, 0.05) is 6.07 Å². The van der Waals surface area contributed by atoms with Crippen LogP contribution < -0.4 is 10.3 Å². The number of nitrogens with one attached hydrogen (secondary N) is 1. The number of para-hydroxylation sites is 1. The van der Waals surface area contributed by atoms with Crippen LogP contribution >= 0.6 is 0 Å². The Morgan fingerprint density at radius 3 is 2.54 bits per heavy atom. The lowest BCUT2D eigenvalue weighted by Gasteiger charge is -2.14. The van der Waals surface area contributed by atoms with E-state index >= 15 is 0 Å². The second kappa shape index (κ2) is 6.19. The number of halogens is 2. The molecular weight excluding hydrogens is 316 g/mol. The Morgan fingerprint density at radius 1 is 1.17 bits per heavy atom. The summed E-state index contributed by atoms with van der Waals surface area (Å²) in [6.07, 6.45) is 0. The van der Waals surface area contributed by atoms with Crippen molar-refractivity contribution < 1.29 is 18.4 Å². The topological polar surface area (TPSA) is 61.8 Å². The number of nitrogens with zero attached hydrogens (tertiary/aromatic N) is 2. The third kappa shape index (κ3) is 2.88. The number of amides is 2. The van der Waals surface area contributed by atoms with Crippen molar-refractivity contribution in [1.82, 2.24) is 0 Å². The summed E-state index contributed by atoms with van der Waals surface area (Å²) in [7, 11) is 0. The number of rotatable bonds is 3. The Kier molecular flexibility index (Phi) is 4.07. The molecule has 1 N–H and O–H groups in total. The summed E-state index contributed by atoms with van der Waals surface area (Å²) in [4.78, 5) is 24.8. The summed E-state index contributed by atoms with van der Waals surface area (Å²) in [5, 5.41) is 7.55. The van der Waals surface area contributed by atoms with Gasteiger partial charge in [0.1, 0.15) is 11.6 Å². The zero-order chi connectivity index (χ0) is 17.3. The molecule has 1 atom stereocenters. The minimum Gasteiger partial charge on any atom is -0.323 e. The molecule has 2 amide bonds. The van der Waals surface area contributed by atoms with Gasteiger partial charge >= 0.3 is 0 Å². The smallest absolute Gasteiger partial charge is 0.265 e. The second-order valence-electron chi connectivity index (χ2n) is 5.27. The van der Waals surface area contributed by atoms with Gasteiger partial charge in [0.25, 0.3) is 5.91 Å². The molecular formula is C17H13F2N3O2. The summed E-state index contributed by atoms with van der Waals surface area (Å²) in [6, 6.07) is 11.4. The largest absolute Gasteiger partial charge is 0.323 e. The van der Waals surface area contributed by atoms with Crippen molar-refractivity contribution >= 4 is 28.9 Å². The Balaban J connectivity index is 1.81. The number of hydrogen-bond donors (Lipinski definition) is 1. The van der Waals surface area contributed by atoms with Crippen LogP contribution in [0.4, 0.5) is 20.2 Å². The van der Waals surface area contributed by atoms with Crippen LogP contribution in [-0.2, 0) is 9.59 Å². The fourth-order valence-electron chi connectivity index (χ4n) is 2.42.